The third kappa shape index (κ3) is 3.82. The standard InChI is InChI=1S/C15H18N2O4/c1-16-14(18)5-6-17(2)9-10-3-4-12-11(7-10)8-13(21-12)15(19)20/h3-4,7-8H,5-6,9H2,1-2H3,(H,16,18)(H,19,20). The lowest BCUT2D eigenvalue weighted by atomic mass is 10.1. The number of furan rings is 1. The van der Waals surface area contributed by atoms with Crippen molar-refractivity contribution in [3.63, 3.8) is 0 Å². The topological polar surface area (TPSA) is 82.8 Å². The molecular weight excluding hydrogens is 272 g/mol. The molecule has 2 aromatic rings. The molecule has 0 radical (unpaired) electrons. The number of carbonyl (C=O) groups excluding carboxylic acids is 1. The zero-order valence-corrected chi connectivity index (χ0v) is 12.0. The Kier molecular flexibility index (Phi) is 4.59. The van der Waals surface area contributed by atoms with E-state index in [1.54, 1.807) is 13.1 Å². The van der Waals surface area contributed by atoms with E-state index in [0.29, 0.717) is 25.1 Å². The summed E-state index contributed by atoms with van der Waals surface area (Å²) >= 11 is 0. The number of carboxylic acids is 1. The van der Waals surface area contributed by atoms with Crippen LogP contribution in [-0.4, -0.2) is 42.5 Å². The van der Waals surface area contributed by atoms with E-state index in [4.69, 9.17) is 9.52 Å². The van der Waals surface area contributed by atoms with Crippen LogP contribution in [0.5, 0.6) is 0 Å². The minimum absolute atomic E-state index is 0.0123. The number of nitrogens with zero attached hydrogens (tertiary/aromatic N) is 1. The predicted octanol–water partition coefficient (Wildman–Crippen LogP) is 1.70. The van der Waals surface area contributed by atoms with Crippen LogP contribution in [0.15, 0.2) is 28.7 Å². The molecule has 21 heavy (non-hydrogen) atoms. The van der Waals surface area contributed by atoms with Crippen LogP contribution in [0.4, 0.5) is 0 Å². The first-order chi connectivity index (χ1) is 9.99. The summed E-state index contributed by atoms with van der Waals surface area (Å²) in [6.07, 6.45) is 0.449. The van der Waals surface area contributed by atoms with Gasteiger partial charge >= 0.3 is 5.97 Å². The van der Waals surface area contributed by atoms with Crippen molar-refractivity contribution in [3.05, 3.63) is 35.6 Å². The van der Waals surface area contributed by atoms with Gasteiger partial charge in [-0.25, -0.2) is 4.79 Å². The normalized spacial score (nSPS) is 11.0. The van der Waals surface area contributed by atoms with Crippen molar-refractivity contribution >= 4 is 22.8 Å². The van der Waals surface area contributed by atoms with Gasteiger partial charge in [0.15, 0.2) is 0 Å². The summed E-state index contributed by atoms with van der Waals surface area (Å²) in [6, 6.07) is 7.09. The highest BCUT2D eigenvalue weighted by Crippen LogP contribution is 2.21. The van der Waals surface area contributed by atoms with Gasteiger partial charge in [0, 0.05) is 31.9 Å². The summed E-state index contributed by atoms with van der Waals surface area (Å²) in [6.45, 7) is 1.34. The largest absolute Gasteiger partial charge is 0.475 e. The lowest BCUT2D eigenvalue weighted by Gasteiger charge is -2.16. The van der Waals surface area contributed by atoms with Gasteiger partial charge in [-0.15, -0.1) is 0 Å². The molecule has 0 aliphatic rings. The van der Waals surface area contributed by atoms with E-state index < -0.39 is 5.97 Å². The predicted molar refractivity (Wildman–Crippen MR) is 78.2 cm³/mol. The van der Waals surface area contributed by atoms with Gasteiger partial charge in [0.25, 0.3) is 0 Å². The number of rotatable bonds is 6. The molecule has 0 aliphatic heterocycles. The fourth-order valence-electron chi connectivity index (χ4n) is 2.10. The van der Waals surface area contributed by atoms with Gasteiger partial charge in [0.05, 0.1) is 0 Å². The van der Waals surface area contributed by atoms with E-state index in [0.717, 1.165) is 10.9 Å². The summed E-state index contributed by atoms with van der Waals surface area (Å²) < 4.78 is 5.22. The fraction of sp³-hybridized carbons (Fsp3) is 0.333. The first-order valence-corrected chi connectivity index (χ1v) is 6.64. The van der Waals surface area contributed by atoms with Gasteiger partial charge in [-0.05, 0) is 30.8 Å². The molecule has 2 rings (SSSR count). The minimum Gasteiger partial charge on any atom is -0.475 e. The van der Waals surface area contributed by atoms with Gasteiger partial charge in [0.1, 0.15) is 5.58 Å². The number of amides is 1. The van der Waals surface area contributed by atoms with E-state index in [-0.39, 0.29) is 11.7 Å². The van der Waals surface area contributed by atoms with Crippen LogP contribution in [0.1, 0.15) is 22.5 Å². The molecule has 1 aromatic carbocycles. The van der Waals surface area contributed by atoms with Crippen LogP contribution in [0.3, 0.4) is 0 Å². The first-order valence-electron chi connectivity index (χ1n) is 6.64. The Labute approximate surface area is 122 Å². The summed E-state index contributed by atoms with van der Waals surface area (Å²) in [4.78, 5) is 24.1. The van der Waals surface area contributed by atoms with Gasteiger partial charge < -0.3 is 19.7 Å². The van der Waals surface area contributed by atoms with Gasteiger partial charge in [-0.2, -0.15) is 0 Å². The summed E-state index contributed by atoms with van der Waals surface area (Å²) in [5, 5.41) is 12.3. The number of benzene rings is 1. The maximum absolute atomic E-state index is 11.2. The molecule has 0 atom stereocenters. The smallest absolute Gasteiger partial charge is 0.371 e. The molecule has 0 fully saturated rings. The molecule has 0 spiro atoms. The van der Waals surface area contributed by atoms with E-state index in [9.17, 15) is 9.59 Å². The lowest BCUT2D eigenvalue weighted by molar-refractivity contribution is -0.120. The van der Waals surface area contributed by atoms with Crippen molar-refractivity contribution in [1.29, 1.82) is 0 Å². The molecule has 0 saturated carbocycles. The number of hydrogen-bond donors (Lipinski definition) is 2. The number of nitrogens with one attached hydrogen (secondary N) is 1. The number of carbonyl (C=O) groups is 2. The van der Waals surface area contributed by atoms with E-state index in [1.807, 2.05) is 24.1 Å². The van der Waals surface area contributed by atoms with Gasteiger partial charge in [-0.3, -0.25) is 4.79 Å². The number of carboxylic acid groups (broad SMARTS) is 1. The molecule has 1 aromatic heterocycles. The minimum atomic E-state index is -1.07. The average molecular weight is 290 g/mol. The summed E-state index contributed by atoms with van der Waals surface area (Å²) in [5.74, 6) is -1.12. The average Bonchev–Trinajstić information content (AvgIpc) is 2.88. The second kappa shape index (κ2) is 6.41. The number of hydrogen-bond acceptors (Lipinski definition) is 4. The first kappa shape index (κ1) is 15.1. The van der Waals surface area contributed by atoms with Gasteiger partial charge in [-0.1, -0.05) is 6.07 Å². The van der Waals surface area contributed by atoms with Crippen LogP contribution < -0.4 is 5.32 Å². The van der Waals surface area contributed by atoms with Crippen LogP contribution in [0.25, 0.3) is 11.0 Å². The van der Waals surface area contributed by atoms with E-state index >= 15 is 0 Å². The fourth-order valence-corrected chi connectivity index (χ4v) is 2.10. The Morgan fingerprint density at radius 1 is 1.33 bits per heavy atom. The molecule has 6 nitrogen and oxygen atoms in total. The Balaban J connectivity index is 2.05. The highest BCUT2D eigenvalue weighted by molar-refractivity contribution is 5.91. The second-order valence-electron chi connectivity index (χ2n) is 4.95. The van der Waals surface area contributed by atoms with Crippen molar-refractivity contribution < 1.29 is 19.1 Å². The van der Waals surface area contributed by atoms with Crippen LogP contribution in [0, 0.1) is 0 Å². The molecule has 0 unspecified atom stereocenters. The maximum Gasteiger partial charge on any atom is 0.371 e. The lowest BCUT2D eigenvalue weighted by Crippen LogP contribution is -2.26. The Morgan fingerprint density at radius 2 is 2.10 bits per heavy atom. The van der Waals surface area contributed by atoms with Crippen molar-refractivity contribution in [2.75, 3.05) is 20.6 Å². The Hall–Kier alpha value is -2.34. The molecule has 0 bridgehead atoms. The van der Waals surface area contributed by atoms with Crippen molar-refractivity contribution in [3.8, 4) is 0 Å². The van der Waals surface area contributed by atoms with E-state index in [2.05, 4.69) is 5.32 Å². The summed E-state index contributed by atoms with van der Waals surface area (Å²) in [7, 11) is 3.56. The molecule has 1 heterocycles. The highest BCUT2D eigenvalue weighted by atomic mass is 16.4. The Bertz CT molecular complexity index is 663. The van der Waals surface area contributed by atoms with Gasteiger partial charge in [0.2, 0.25) is 11.7 Å². The zero-order valence-electron chi connectivity index (χ0n) is 12.0. The zero-order chi connectivity index (χ0) is 15.4. The maximum atomic E-state index is 11.2. The molecule has 2 N–H and O–H groups in total. The quantitative estimate of drug-likeness (QED) is 0.846. The second-order valence-corrected chi connectivity index (χ2v) is 4.95. The number of fused-ring (bicyclic) bond motifs is 1. The van der Waals surface area contributed by atoms with Crippen molar-refractivity contribution in [2.45, 2.75) is 13.0 Å². The van der Waals surface area contributed by atoms with Crippen LogP contribution >= 0.6 is 0 Å². The van der Waals surface area contributed by atoms with E-state index in [1.165, 1.54) is 6.07 Å². The number of aromatic carboxylic acids is 1. The van der Waals surface area contributed by atoms with Crippen molar-refractivity contribution in [2.24, 2.45) is 0 Å². The SMILES string of the molecule is CNC(=O)CCN(C)Cc1ccc2oc(C(=O)O)cc2c1. The Morgan fingerprint density at radius 3 is 2.76 bits per heavy atom. The monoisotopic (exact) mass is 290 g/mol. The third-order valence-electron chi connectivity index (χ3n) is 3.24. The molecule has 112 valence electrons. The summed E-state index contributed by atoms with van der Waals surface area (Å²) in [5.41, 5.74) is 1.60. The molecular formula is C15H18N2O4. The highest BCUT2D eigenvalue weighted by Gasteiger charge is 2.11. The molecule has 0 aliphatic carbocycles. The molecule has 1 amide bonds. The van der Waals surface area contributed by atoms with Crippen LogP contribution in [0.2, 0.25) is 0 Å². The molecule has 6 heteroatoms. The van der Waals surface area contributed by atoms with Crippen molar-refractivity contribution in [1.82, 2.24) is 10.2 Å². The third-order valence-corrected chi connectivity index (χ3v) is 3.24. The van der Waals surface area contributed by atoms with Crippen LogP contribution in [-0.2, 0) is 11.3 Å². The molecule has 0 saturated heterocycles.